The highest BCUT2D eigenvalue weighted by Gasteiger charge is 2.18. The minimum atomic E-state index is -0.743. The summed E-state index contributed by atoms with van der Waals surface area (Å²) in [6.07, 6.45) is 1.32. The van der Waals surface area contributed by atoms with Crippen molar-refractivity contribution < 1.29 is 19.4 Å². The zero-order valence-corrected chi connectivity index (χ0v) is 17.0. The van der Waals surface area contributed by atoms with Gasteiger partial charge in [-0.05, 0) is 48.2 Å². The highest BCUT2D eigenvalue weighted by molar-refractivity contribution is 5.96. The number of rotatable bonds is 6. The summed E-state index contributed by atoms with van der Waals surface area (Å²) in [6.45, 7) is 5.94. The molecule has 0 atom stereocenters. The van der Waals surface area contributed by atoms with Gasteiger partial charge in [-0.15, -0.1) is 0 Å². The van der Waals surface area contributed by atoms with E-state index in [9.17, 15) is 14.7 Å². The van der Waals surface area contributed by atoms with Gasteiger partial charge in [0.1, 0.15) is 5.75 Å². The smallest absolute Gasteiger partial charge is 0.294 e. The van der Waals surface area contributed by atoms with Gasteiger partial charge in [-0.25, -0.2) is 4.68 Å². The van der Waals surface area contributed by atoms with Crippen LogP contribution in [0.2, 0.25) is 0 Å². The number of para-hydroxylation sites is 1. The zero-order chi connectivity index (χ0) is 21.7. The van der Waals surface area contributed by atoms with Gasteiger partial charge in [-0.1, -0.05) is 38.1 Å². The van der Waals surface area contributed by atoms with E-state index in [1.54, 1.807) is 12.1 Å². The van der Waals surface area contributed by atoms with Crippen molar-refractivity contribution in [2.75, 3.05) is 6.61 Å². The highest BCUT2D eigenvalue weighted by Crippen LogP contribution is 2.23. The summed E-state index contributed by atoms with van der Waals surface area (Å²) in [6, 6.07) is 14.7. The number of carbonyl (C=O) groups excluding carboxylic acids is 2. The van der Waals surface area contributed by atoms with Crippen LogP contribution >= 0.6 is 0 Å². The molecule has 0 fully saturated rings. The van der Waals surface area contributed by atoms with E-state index in [0.717, 1.165) is 5.56 Å². The Hall–Kier alpha value is -3.81. The Balaban J connectivity index is 1.53. The highest BCUT2D eigenvalue weighted by atomic mass is 16.5. The molecule has 8 heteroatoms. The number of nitrogens with zero attached hydrogens (tertiary/aromatic N) is 2. The van der Waals surface area contributed by atoms with E-state index in [-0.39, 0.29) is 18.1 Å². The van der Waals surface area contributed by atoms with Crippen LogP contribution in [0.1, 0.15) is 41.4 Å². The molecule has 8 nitrogen and oxygen atoms in total. The van der Waals surface area contributed by atoms with Gasteiger partial charge in [0.25, 0.3) is 11.8 Å². The van der Waals surface area contributed by atoms with Crippen LogP contribution in [-0.2, 0) is 4.79 Å². The number of benzene rings is 2. The van der Waals surface area contributed by atoms with Crippen molar-refractivity contribution in [3.63, 3.8) is 0 Å². The molecule has 0 spiro atoms. The van der Waals surface area contributed by atoms with Crippen molar-refractivity contribution >= 4 is 11.8 Å². The first-order valence-electron chi connectivity index (χ1n) is 9.51. The Kier molecular flexibility index (Phi) is 6.36. The van der Waals surface area contributed by atoms with Gasteiger partial charge in [-0.2, -0.15) is 5.10 Å². The zero-order valence-electron chi connectivity index (χ0n) is 17.0. The molecule has 0 bridgehead atoms. The van der Waals surface area contributed by atoms with Crippen LogP contribution in [0.3, 0.4) is 0 Å². The maximum Gasteiger partial charge on any atom is 0.294 e. The van der Waals surface area contributed by atoms with Gasteiger partial charge in [0.15, 0.2) is 18.1 Å². The van der Waals surface area contributed by atoms with E-state index in [1.165, 1.54) is 16.4 Å². The number of aromatic hydroxyl groups is 1. The summed E-state index contributed by atoms with van der Waals surface area (Å²) in [5, 5.41) is 14.0. The maximum absolute atomic E-state index is 12.2. The standard InChI is InChI=1S/C22H24N4O4/c1-14(2)18-10-9-17(11-15(18)3)30-13-20(28)23-24-22(29)21-19(27)12-26(25-21)16-7-5-4-6-8-16/h4-12,14,27H,13H2,1-3H3,(H,23,28)(H,24,29). The van der Waals surface area contributed by atoms with Crippen LogP contribution in [0.5, 0.6) is 11.5 Å². The second kappa shape index (κ2) is 9.13. The maximum atomic E-state index is 12.2. The molecule has 0 radical (unpaired) electrons. The average molecular weight is 408 g/mol. The molecule has 1 aromatic heterocycles. The number of carbonyl (C=O) groups is 2. The molecular formula is C22H24N4O4. The predicted molar refractivity (Wildman–Crippen MR) is 112 cm³/mol. The molecule has 1 heterocycles. The summed E-state index contributed by atoms with van der Waals surface area (Å²) in [7, 11) is 0. The molecule has 3 aromatic rings. The molecule has 0 aliphatic rings. The molecule has 2 amide bonds. The number of aromatic nitrogens is 2. The SMILES string of the molecule is Cc1cc(OCC(=O)NNC(=O)c2nn(-c3ccccc3)cc2O)ccc1C(C)C. The topological polar surface area (TPSA) is 105 Å². The minimum absolute atomic E-state index is 0.208. The fraction of sp³-hybridized carbons (Fsp3) is 0.227. The van der Waals surface area contributed by atoms with E-state index in [4.69, 9.17) is 4.74 Å². The lowest BCUT2D eigenvalue weighted by atomic mass is 9.98. The molecule has 2 aromatic carbocycles. The third kappa shape index (κ3) is 4.96. The molecule has 0 unspecified atom stereocenters. The third-order valence-corrected chi connectivity index (χ3v) is 4.48. The van der Waals surface area contributed by atoms with Gasteiger partial charge >= 0.3 is 0 Å². The van der Waals surface area contributed by atoms with E-state index in [0.29, 0.717) is 17.4 Å². The first kappa shape index (κ1) is 20.9. The van der Waals surface area contributed by atoms with Crippen molar-refractivity contribution in [1.29, 1.82) is 0 Å². The van der Waals surface area contributed by atoms with Gasteiger partial charge in [0.05, 0.1) is 11.9 Å². The number of ether oxygens (including phenoxy) is 1. The summed E-state index contributed by atoms with van der Waals surface area (Å²) in [4.78, 5) is 24.2. The Morgan fingerprint density at radius 2 is 1.87 bits per heavy atom. The Morgan fingerprint density at radius 1 is 1.13 bits per heavy atom. The first-order chi connectivity index (χ1) is 14.3. The van der Waals surface area contributed by atoms with Crippen LogP contribution in [0.25, 0.3) is 5.69 Å². The molecule has 3 rings (SSSR count). The lowest BCUT2D eigenvalue weighted by molar-refractivity contribution is -0.123. The van der Waals surface area contributed by atoms with Crippen LogP contribution in [0.4, 0.5) is 0 Å². The fourth-order valence-electron chi connectivity index (χ4n) is 3.00. The van der Waals surface area contributed by atoms with Crippen LogP contribution in [-0.4, -0.2) is 33.3 Å². The van der Waals surface area contributed by atoms with E-state index in [1.807, 2.05) is 43.3 Å². The van der Waals surface area contributed by atoms with Crippen molar-refractivity contribution in [2.24, 2.45) is 0 Å². The Morgan fingerprint density at radius 3 is 2.53 bits per heavy atom. The van der Waals surface area contributed by atoms with E-state index >= 15 is 0 Å². The van der Waals surface area contributed by atoms with Crippen LogP contribution < -0.4 is 15.6 Å². The molecule has 3 N–H and O–H groups in total. The predicted octanol–water partition coefficient (Wildman–Crippen LogP) is 2.85. The molecule has 0 aliphatic carbocycles. The van der Waals surface area contributed by atoms with Gasteiger partial charge < -0.3 is 9.84 Å². The third-order valence-electron chi connectivity index (χ3n) is 4.48. The molecule has 0 saturated carbocycles. The number of amides is 2. The lowest BCUT2D eigenvalue weighted by Crippen LogP contribution is -2.44. The number of hydrogen-bond acceptors (Lipinski definition) is 5. The summed E-state index contributed by atoms with van der Waals surface area (Å²) >= 11 is 0. The van der Waals surface area contributed by atoms with Crippen LogP contribution in [0.15, 0.2) is 54.7 Å². The van der Waals surface area contributed by atoms with Crippen molar-refractivity contribution in [2.45, 2.75) is 26.7 Å². The van der Waals surface area contributed by atoms with E-state index in [2.05, 4.69) is 29.8 Å². The Labute approximate surface area is 174 Å². The van der Waals surface area contributed by atoms with Crippen molar-refractivity contribution in [1.82, 2.24) is 20.6 Å². The molecule has 30 heavy (non-hydrogen) atoms. The molecule has 0 aliphatic heterocycles. The van der Waals surface area contributed by atoms with Crippen molar-refractivity contribution in [3.8, 4) is 17.2 Å². The average Bonchev–Trinajstić information content (AvgIpc) is 3.12. The van der Waals surface area contributed by atoms with Gasteiger partial charge in [0.2, 0.25) is 0 Å². The van der Waals surface area contributed by atoms with Gasteiger partial charge in [-0.3, -0.25) is 20.4 Å². The molecular weight excluding hydrogens is 384 g/mol. The number of aryl methyl sites for hydroxylation is 1. The lowest BCUT2D eigenvalue weighted by Gasteiger charge is -2.12. The summed E-state index contributed by atoms with van der Waals surface area (Å²) < 4.78 is 6.85. The molecule has 156 valence electrons. The first-order valence-corrected chi connectivity index (χ1v) is 9.51. The molecule has 0 saturated heterocycles. The number of hydrogen-bond donors (Lipinski definition) is 3. The normalized spacial score (nSPS) is 10.7. The number of nitrogens with one attached hydrogen (secondary N) is 2. The second-order valence-corrected chi connectivity index (χ2v) is 7.11. The quantitative estimate of drug-likeness (QED) is 0.544. The monoisotopic (exact) mass is 408 g/mol. The largest absolute Gasteiger partial charge is 0.504 e. The summed E-state index contributed by atoms with van der Waals surface area (Å²) in [5.41, 5.74) is 7.25. The van der Waals surface area contributed by atoms with E-state index < -0.39 is 11.8 Å². The fourth-order valence-corrected chi connectivity index (χ4v) is 3.00. The summed E-state index contributed by atoms with van der Waals surface area (Å²) in [5.74, 6) is -0.622. The van der Waals surface area contributed by atoms with Crippen molar-refractivity contribution in [3.05, 3.63) is 71.5 Å². The number of hydrazine groups is 1. The Bertz CT molecular complexity index is 1040. The van der Waals surface area contributed by atoms with Crippen LogP contribution in [0, 0.1) is 6.92 Å². The van der Waals surface area contributed by atoms with Gasteiger partial charge in [0, 0.05) is 0 Å². The second-order valence-electron chi connectivity index (χ2n) is 7.11. The minimum Gasteiger partial charge on any atom is -0.504 e.